The van der Waals surface area contributed by atoms with Crippen LogP contribution in [0.5, 0.6) is 0 Å². The number of carbonyl (C=O) groups is 4. The van der Waals surface area contributed by atoms with E-state index in [9.17, 15) is 23.6 Å². The van der Waals surface area contributed by atoms with Crippen LogP contribution in [0.15, 0.2) is 72.8 Å². The smallest absolute Gasteiger partial charge is 0.412 e. The number of carbonyl (C=O) groups excluding carboxylic acids is 3. The molecule has 1 fully saturated rings. The maximum absolute atomic E-state index is 14.2. The molecule has 11 heteroatoms. The minimum atomic E-state index is -1.23. The molecule has 2 aliphatic rings. The Kier molecular flexibility index (Phi) is 7.37. The highest BCUT2D eigenvalue weighted by Gasteiger charge is 2.47. The van der Waals surface area contributed by atoms with Crippen molar-refractivity contribution in [2.75, 3.05) is 23.7 Å². The number of rotatable bonds is 6. The molecule has 10 nitrogen and oxygen atoms in total. The summed E-state index contributed by atoms with van der Waals surface area (Å²) in [4.78, 5) is 51.9. The predicted molar refractivity (Wildman–Crippen MR) is 143 cm³/mol. The van der Waals surface area contributed by atoms with E-state index in [2.05, 4.69) is 16.0 Å². The molecule has 2 heterocycles. The highest BCUT2D eigenvalue weighted by Crippen LogP contribution is 2.42. The molecule has 2 aliphatic heterocycles. The Morgan fingerprint density at radius 3 is 2.55 bits per heavy atom. The first-order valence-electron chi connectivity index (χ1n) is 12.8. The summed E-state index contributed by atoms with van der Waals surface area (Å²) < 4.78 is 19.9. The molecule has 0 bridgehead atoms. The summed E-state index contributed by atoms with van der Waals surface area (Å²) in [6.45, 7) is 0.374. The first kappa shape index (κ1) is 26.7. The molecule has 1 spiro atoms. The number of nitrogens with one attached hydrogen (secondary N) is 3. The minimum Gasteiger partial charge on any atom is -0.465 e. The molecule has 206 valence electrons. The SMILES string of the molecule is O=C(O)Nc1ccc(C(=O)N[C@@H](Cc2ccccc2)C(=O)N2CCC[C@@]3(C2)OC(=O)Nc2ccc(F)cc23)cc1. The highest BCUT2D eigenvalue weighted by atomic mass is 19.1. The Morgan fingerprint density at radius 1 is 1.07 bits per heavy atom. The van der Waals surface area contributed by atoms with Crippen LogP contribution in [0, 0.1) is 5.82 Å². The summed E-state index contributed by atoms with van der Waals surface area (Å²) in [7, 11) is 0. The normalized spacial score (nSPS) is 18.6. The fourth-order valence-corrected chi connectivity index (χ4v) is 5.22. The van der Waals surface area contributed by atoms with Crippen LogP contribution in [0.25, 0.3) is 0 Å². The number of hydrogen-bond donors (Lipinski definition) is 4. The van der Waals surface area contributed by atoms with Gasteiger partial charge in [0.05, 0.1) is 12.2 Å². The average molecular weight is 547 g/mol. The number of hydrogen-bond acceptors (Lipinski definition) is 5. The van der Waals surface area contributed by atoms with E-state index in [1.54, 1.807) is 4.90 Å². The van der Waals surface area contributed by atoms with Crippen molar-refractivity contribution < 1.29 is 33.4 Å². The maximum atomic E-state index is 14.2. The van der Waals surface area contributed by atoms with Gasteiger partial charge in [-0.3, -0.25) is 20.2 Å². The van der Waals surface area contributed by atoms with Crippen LogP contribution < -0.4 is 16.0 Å². The summed E-state index contributed by atoms with van der Waals surface area (Å²) in [5, 5.41) is 16.5. The van der Waals surface area contributed by atoms with Crippen LogP contribution in [0.1, 0.15) is 34.3 Å². The molecule has 0 unspecified atom stereocenters. The van der Waals surface area contributed by atoms with Crippen LogP contribution >= 0.6 is 0 Å². The van der Waals surface area contributed by atoms with E-state index in [1.807, 2.05) is 30.3 Å². The monoisotopic (exact) mass is 546 g/mol. The fourth-order valence-electron chi connectivity index (χ4n) is 5.22. The van der Waals surface area contributed by atoms with E-state index in [4.69, 9.17) is 9.84 Å². The van der Waals surface area contributed by atoms with Gasteiger partial charge in [-0.1, -0.05) is 30.3 Å². The van der Waals surface area contributed by atoms with Gasteiger partial charge in [-0.2, -0.15) is 0 Å². The third kappa shape index (κ3) is 5.73. The summed E-state index contributed by atoms with van der Waals surface area (Å²) >= 11 is 0. The number of anilines is 2. The lowest BCUT2D eigenvalue weighted by Crippen LogP contribution is -2.57. The zero-order valence-corrected chi connectivity index (χ0v) is 21.4. The fraction of sp³-hybridized carbons (Fsp3) is 0.241. The molecule has 0 saturated carbocycles. The van der Waals surface area contributed by atoms with Crippen molar-refractivity contribution in [2.24, 2.45) is 0 Å². The van der Waals surface area contributed by atoms with Gasteiger partial charge in [-0.25, -0.2) is 14.0 Å². The van der Waals surface area contributed by atoms with Crippen molar-refractivity contribution in [1.29, 1.82) is 0 Å². The molecule has 5 rings (SSSR count). The summed E-state index contributed by atoms with van der Waals surface area (Å²) in [5.41, 5.74) is 1.04. The third-order valence-corrected chi connectivity index (χ3v) is 7.05. The van der Waals surface area contributed by atoms with Gasteiger partial charge in [0.15, 0.2) is 5.60 Å². The molecular weight excluding hydrogens is 519 g/mol. The molecule has 4 amide bonds. The standard InChI is InChI=1S/C29H27FN4O6/c30-20-9-12-23-22(16-20)29(40-28(39)33-23)13-4-14-34(17-29)26(36)24(15-18-5-2-1-3-6-18)32-25(35)19-7-10-21(11-8-19)31-27(37)38/h1-3,5-12,16,24,31H,4,13-15,17H2,(H,32,35)(H,33,39)(H,37,38)/t24-,29-/m0/s1. The third-order valence-electron chi connectivity index (χ3n) is 7.05. The lowest BCUT2D eigenvalue weighted by atomic mass is 9.83. The van der Waals surface area contributed by atoms with E-state index >= 15 is 0 Å². The lowest BCUT2D eigenvalue weighted by molar-refractivity contribution is -0.141. The molecule has 0 aliphatic carbocycles. The van der Waals surface area contributed by atoms with Crippen molar-refractivity contribution >= 4 is 35.4 Å². The Bertz CT molecular complexity index is 1450. The van der Waals surface area contributed by atoms with Gasteiger partial charge in [-0.05, 0) is 60.9 Å². The second kappa shape index (κ2) is 11.0. The number of benzene rings is 3. The second-order valence-corrected chi connectivity index (χ2v) is 9.79. The Labute approximate surface area is 229 Å². The Hall–Kier alpha value is -4.93. The highest BCUT2D eigenvalue weighted by molar-refractivity contribution is 5.98. The molecule has 2 atom stereocenters. The molecular formula is C29H27FN4O6. The minimum absolute atomic E-state index is 0.00637. The second-order valence-electron chi connectivity index (χ2n) is 9.79. The lowest BCUT2D eigenvalue weighted by Gasteiger charge is -2.45. The Balaban J connectivity index is 1.40. The van der Waals surface area contributed by atoms with Crippen molar-refractivity contribution in [3.8, 4) is 0 Å². The zero-order valence-electron chi connectivity index (χ0n) is 21.4. The summed E-state index contributed by atoms with van der Waals surface area (Å²) in [6, 6.07) is 18.1. The number of amides is 4. The Morgan fingerprint density at radius 2 is 1.82 bits per heavy atom. The molecule has 3 aromatic rings. The van der Waals surface area contributed by atoms with Gasteiger partial charge in [0.1, 0.15) is 11.9 Å². The zero-order chi connectivity index (χ0) is 28.3. The van der Waals surface area contributed by atoms with Gasteiger partial charge >= 0.3 is 12.2 Å². The van der Waals surface area contributed by atoms with Crippen molar-refractivity contribution in [3.05, 3.63) is 95.3 Å². The maximum Gasteiger partial charge on any atom is 0.412 e. The number of ether oxygens (including phenoxy) is 1. The largest absolute Gasteiger partial charge is 0.465 e. The first-order chi connectivity index (χ1) is 19.2. The molecule has 40 heavy (non-hydrogen) atoms. The number of likely N-dealkylation sites (tertiary alicyclic amines) is 1. The topological polar surface area (TPSA) is 137 Å². The van der Waals surface area contributed by atoms with E-state index in [-0.39, 0.29) is 24.4 Å². The number of halogens is 1. The van der Waals surface area contributed by atoms with Gasteiger partial charge in [0.25, 0.3) is 5.91 Å². The number of fused-ring (bicyclic) bond motifs is 2. The van der Waals surface area contributed by atoms with Crippen LogP contribution in [-0.4, -0.2) is 53.1 Å². The molecule has 0 radical (unpaired) electrons. The van der Waals surface area contributed by atoms with Gasteiger partial charge in [0, 0.05) is 29.8 Å². The molecule has 1 saturated heterocycles. The van der Waals surface area contributed by atoms with Crippen LogP contribution in [-0.2, 0) is 21.6 Å². The number of carboxylic acid groups (broad SMARTS) is 1. The van der Waals surface area contributed by atoms with Crippen LogP contribution in [0.3, 0.4) is 0 Å². The van der Waals surface area contributed by atoms with E-state index in [0.29, 0.717) is 36.3 Å². The van der Waals surface area contributed by atoms with Crippen molar-refractivity contribution in [2.45, 2.75) is 30.9 Å². The summed E-state index contributed by atoms with van der Waals surface area (Å²) in [6.07, 6.45) is -0.787. The van der Waals surface area contributed by atoms with Gasteiger partial charge in [0.2, 0.25) is 5.91 Å². The van der Waals surface area contributed by atoms with E-state index < -0.39 is 35.6 Å². The first-order valence-corrected chi connectivity index (χ1v) is 12.8. The van der Waals surface area contributed by atoms with Gasteiger partial charge < -0.3 is 20.1 Å². The predicted octanol–water partition coefficient (Wildman–Crippen LogP) is 4.34. The van der Waals surface area contributed by atoms with Crippen molar-refractivity contribution in [3.63, 3.8) is 0 Å². The van der Waals surface area contributed by atoms with E-state index in [1.165, 1.54) is 42.5 Å². The van der Waals surface area contributed by atoms with Gasteiger partial charge in [-0.15, -0.1) is 0 Å². The van der Waals surface area contributed by atoms with Crippen LogP contribution in [0.4, 0.5) is 25.4 Å². The molecule has 4 N–H and O–H groups in total. The summed E-state index contributed by atoms with van der Waals surface area (Å²) in [5.74, 6) is -1.36. The number of nitrogens with zero attached hydrogens (tertiary/aromatic N) is 1. The van der Waals surface area contributed by atoms with Crippen molar-refractivity contribution in [1.82, 2.24) is 10.2 Å². The quantitative estimate of drug-likeness (QED) is 0.363. The number of piperidine rings is 1. The molecule has 3 aromatic carbocycles. The van der Waals surface area contributed by atoms with Crippen LogP contribution in [0.2, 0.25) is 0 Å². The molecule has 0 aromatic heterocycles. The van der Waals surface area contributed by atoms with E-state index in [0.717, 1.165) is 5.56 Å². The average Bonchev–Trinajstić information content (AvgIpc) is 2.93.